The molecule has 2 rings (SSSR count). The Morgan fingerprint density at radius 1 is 1.25 bits per heavy atom. The lowest BCUT2D eigenvalue weighted by Crippen LogP contribution is -2.17. The lowest BCUT2D eigenvalue weighted by atomic mass is 10.1. The highest BCUT2D eigenvalue weighted by molar-refractivity contribution is 7.92. The third-order valence-electron chi connectivity index (χ3n) is 2.87. The van der Waals surface area contributed by atoms with E-state index in [2.05, 4.69) is 9.71 Å². The average Bonchev–Trinajstić information content (AvgIpc) is 2.33. The van der Waals surface area contributed by atoms with Crippen LogP contribution in [0.4, 0.5) is 11.5 Å². The summed E-state index contributed by atoms with van der Waals surface area (Å²) in [5, 5.41) is 0.402. The molecule has 0 amide bonds. The molecule has 106 valence electrons. The Kier molecular flexibility index (Phi) is 3.87. The van der Waals surface area contributed by atoms with E-state index in [0.717, 1.165) is 0 Å². The Hall–Kier alpha value is -1.79. The van der Waals surface area contributed by atoms with Gasteiger partial charge >= 0.3 is 0 Å². The van der Waals surface area contributed by atoms with E-state index < -0.39 is 10.0 Å². The zero-order valence-corrected chi connectivity index (χ0v) is 12.6. The van der Waals surface area contributed by atoms with Crippen LogP contribution in [0.2, 0.25) is 5.02 Å². The Labute approximate surface area is 122 Å². The SMILES string of the molecule is Cc1ccc(N)c(C)c1S(=O)(=O)Nc1cc(Cl)ccn1. The second-order valence-electron chi connectivity index (χ2n) is 4.39. The zero-order chi connectivity index (χ0) is 14.9. The predicted octanol–water partition coefficient (Wildman–Crippen LogP) is 2.73. The first-order valence-corrected chi connectivity index (χ1v) is 7.67. The first-order chi connectivity index (χ1) is 9.31. The second kappa shape index (κ2) is 5.30. The number of nitrogens with zero attached hydrogens (tertiary/aromatic N) is 1. The topological polar surface area (TPSA) is 85.1 Å². The van der Waals surface area contributed by atoms with Crippen molar-refractivity contribution in [3.63, 3.8) is 0 Å². The lowest BCUT2D eigenvalue weighted by molar-refractivity contribution is 0.600. The monoisotopic (exact) mass is 311 g/mol. The molecular formula is C13H14ClN3O2S. The number of halogens is 1. The molecule has 20 heavy (non-hydrogen) atoms. The molecule has 0 aliphatic carbocycles. The highest BCUT2D eigenvalue weighted by atomic mass is 35.5. The molecule has 0 spiro atoms. The molecule has 0 unspecified atom stereocenters. The maximum absolute atomic E-state index is 12.5. The Balaban J connectivity index is 2.49. The van der Waals surface area contributed by atoms with Gasteiger partial charge in [-0.25, -0.2) is 13.4 Å². The minimum atomic E-state index is -3.77. The Morgan fingerprint density at radius 3 is 2.60 bits per heavy atom. The third kappa shape index (κ3) is 2.86. The van der Waals surface area contributed by atoms with E-state index in [4.69, 9.17) is 17.3 Å². The summed E-state index contributed by atoms with van der Waals surface area (Å²) in [6.07, 6.45) is 1.43. The van der Waals surface area contributed by atoms with Crippen LogP contribution in [0.5, 0.6) is 0 Å². The fraction of sp³-hybridized carbons (Fsp3) is 0.154. The van der Waals surface area contributed by atoms with Crippen LogP contribution < -0.4 is 10.5 Å². The van der Waals surface area contributed by atoms with Crippen molar-refractivity contribution < 1.29 is 8.42 Å². The number of rotatable bonds is 3. The summed E-state index contributed by atoms with van der Waals surface area (Å²) >= 11 is 5.81. The molecule has 0 fully saturated rings. The maximum Gasteiger partial charge on any atom is 0.263 e. The lowest BCUT2D eigenvalue weighted by Gasteiger charge is -2.14. The van der Waals surface area contributed by atoms with Crippen molar-refractivity contribution in [3.05, 3.63) is 46.6 Å². The van der Waals surface area contributed by atoms with Crippen molar-refractivity contribution in [2.45, 2.75) is 18.7 Å². The highest BCUT2D eigenvalue weighted by Gasteiger charge is 2.21. The Morgan fingerprint density at radius 2 is 1.95 bits per heavy atom. The quantitative estimate of drug-likeness (QED) is 0.853. The highest BCUT2D eigenvalue weighted by Crippen LogP contribution is 2.26. The number of nitrogens with one attached hydrogen (secondary N) is 1. The van der Waals surface area contributed by atoms with Gasteiger partial charge in [-0.15, -0.1) is 0 Å². The molecule has 0 radical (unpaired) electrons. The summed E-state index contributed by atoms with van der Waals surface area (Å²) in [5.74, 6) is 0.165. The van der Waals surface area contributed by atoms with Crippen LogP contribution in [-0.2, 0) is 10.0 Å². The molecule has 1 heterocycles. The average molecular weight is 312 g/mol. The van der Waals surface area contributed by atoms with Crippen LogP contribution in [0.1, 0.15) is 11.1 Å². The van der Waals surface area contributed by atoms with Crippen LogP contribution in [0.15, 0.2) is 35.4 Å². The zero-order valence-electron chi connectivity index (χ0n) is 11.0. The molecule has 3 N–H and O–H groups in total. The summed E-state index contributed by atoms with van der Waals surface area (Å²) in [6, 6.07) is 6.36. The van der Waals surface area contributed by atoms with E-state index in [1.54, 1.807) is 32.0 Å². The molecule has 0 aliphatic heterocycles. The van der Waals surface area contributed by atoms with Crippen LogP contribution in [0.3, 0.4) is 0 Å². The molecule has 0 bridgehead atoms. The number of aryl methyl sites for hydroxylation is 1. The van der Waals surface area contributed by atoms with Crippen molar-refractivity contribution in [3.8, 4) is 0 Å². The van der Waals surface area contributed by atoms with Gasteiger partial charge in [0.05, 0.1) is 4.90 Å². The van der Waals surface area contributed by atoms with Gasteiger partial charge in [0.15, 0.2) is 0 Å². The van der Waals surface area contributed by atoms with Gasteiger partial charge < -0.3 is 5.73 Å². The maximum atomic E-state index is 12.5. The smallest absolute Gasteiger partial charge is 0.263 e. The molecule has 0 atom stereocenters. The van der Waals surface area contributed by atoms with E-state index in [0.29, 0.717) is 21.8 Å². The number of hydrogen-bond acceptors (Lipinski definition) is 4. The van der Waals surface area contributed by atoms with Gasteiger partial charge in [0.25, 0.3) is 10.0 Å². The van der Waals surface area contributed by atoms with Crippen molar-refractivity contribution in [1.82, 2.24) is 4.98 Å². The molecule has 1 aromatic heterocycles. The van der Waals surface area contributed by atoms with Gasteiger partial charge in [-0.1, -0.05) is 17.7 Å². The van der Waals surface area contributed by atoms with Gasteiger partial charge in [0.1, 0.15) is 5.82 Å². The van der Waals surface area contributed by atoms with E-state index in [1.807, 2.05) is 0 Å². The fourth-order valence-electron chi connectivity index (χ4n) is 1.91. The summed E-state index contributed by atoms with van der Waals surface area (Å²) < 4.78 is 27.3. The first kappa shape index (κ1) is 14.6. The fourth-order valence-corrected chi connectivity index (χ4v) is 3.57. The predicted molar refractivity (Wildman–Crippen MR) is 80.4 cm³/mol. The van der Waals surface area contributed by atoms with E-state index in [-0.39, 0.29) is 10.7 Å². The first-order valence-electron chi connectivity index (χ1n) is 5.81. The molecule has 5 nitrogen and oxygen atoms in total. The number of sulfonamides is 1. The van der Waals surface area contributed by atoms with Gasteiger partial charge in [-0.2, -0.15) is 0 Å². The van der Waals surface area contributed by atoms with Gasteiger partial charge in [-0.3, -0.25) is 4.72 Å². The minimum Gasteiger partial charge on any atom is -0.398 e. The molecule has 0 saturated carbocycles. The molecule has 1 aromatic carbocycles. The number of hydrogen-bond donors (Lipinski definition) is 2. The number of benzene rings is 1. The minimum absolute atomic E-state index is 0.165. The normalized spacial score (nSPS) is 11.3. The second-order valence-corrected chi connectivity index (χ2v) is 6.45. The van der Waals surface area contributed by atoms with Crippen molar-refractivity contribution in [2.24, 2.45) is 0 Å². The van der Waals surface area contributed by atoms with Crippen molar-refractivity contribution in [1.29, 1.82) is 0 Å². The van der Waals surface area contributed by atoms with Crippen LogP contribution >= 0.6 is 11.6 Å². The van der Waals surface area contributed by atoms with Gasteiger partial charge in [0, 0.05) is 23.0 Å². The number of nitrogens with two attached hydrogens (primary N) is 1. The number of pyridine rings is 1. The van der Waals surface area contributed by atoms with Gasteiger partial charge in [0.2, 0.25) is 0 Å². The molecule has 0 aliphatic rings. The molecular weight excluding hydrogens is 298 g/mol. The largest absolute Gasteiger partial charge is 0.398 e. The van der Waals surface area contributed by atoms with Crippen LogP contribution in [-0.4, -0.2) is 13.4 Å². The van der Waals surface area contributed by atoms with Crippen LogP contribution in [0.25, 0.3) is 0 Å². The summed E-state index contributed by atoms with van der Waals surface area (Å²) in [6.45, 7) is 3.38. The van der Waals surface area contributed by atoms with E-state index in [9.17, 15) is 8.42 Å². The number of aromatic nitrogens is 1. The van der Waals surface area contributed by atoms with Gasteiger partial charge in [-0.05, 0) is 37.1 Å². The molecule has 2 aromatic rings. The third-order valence-corrected chi connectivity index (χ3v) is 4.75. The Bertz CT molecular complexity index is 760. The van der Waals surface area contributed by atoms with E-state index in [1.165, 1.54) is 12.3 Å². The molecule has 0 saturated heterocycles. The van der Waals surface area contributed by atoms with Crippen molar-refractivity contribution in [2.75, 3.05) is 10.5 Å². The molecule has 7 heteroatoms. The number of anilines is 2. The number of nitrogen functional groups attached to an aromatic ring is 1. The summed E-state index contributed by atoms with van der Waals surface area (Å²) in [7, 11) is -3.77. The standard InChI is InChI=1S/C13H14ClN3O2S/c1-8-3-4-11(15)9(2)13(8)20(18,19)17-12-7-10(14)5-6-16-12/h3-7H,15H2,1-2H3,(H,16,17). The summed E-state index contributed by atoms with van der Waals surface area (Å²) in [5.41, 5.74) is 7.33. The summed E-state index contributed by atoms with van der Waals surface area (Å²) in [4.78, 5) is 4.09. The van der Waals surface area contributed by atoms with Crippen molar-refractivity contribution >= 4 is 33.1 Å². The van der Waals surface area contributed by atoms with Crippen LogP contribution in [0, 0.1) is 13.8 Å². The van der Waals surface area contributed by atoms with E-state index >= 15 is 0 Å².